The highest BCUT2D eigenvalue weighted by molar-refractivity contribution is 7.14. The molecule has 1 aliphatic rings. The van der Waals surface area contributed by atoms with Gasteiger partial charge in [0.05, 0.1) is 16.3 Å². The molecule has 40 heavy (non-hydrogen) atoms. The van der Waals surface area contributed by atoms with Crippen LogP contribution in [0.25, 0.3) is 11.3 Å². The maximum atomic E-state index is 14.7. The number of aryl methyl sites for hydroxylation is 1. The van der Waals surface area contributed by atoms with Crippen molar-refractivity contribution in [3.05, 3.63) is 81.9 Å². The molecule has 208 valence electrons. The first-order valence-electron chi connectivity index (χ1n) is 13.7. The topological polar surface area (TPSA) is 73.4 Å². The van der Waals surface area contributed by atoms with Crippen LogP contribution in [0.2, 0.25) is 0 Å². The fourth-order valence-electron chi connectivity index (χ4n) is 4.81. The van der Waals surface area contributed by atoms with Crippen LogP contribution in [-0.4, -0.2) is 54.0 Å². The van der Waals surface area contributed by atoms with Gasteiger partial charge in [0.1, 0.15) is 5.82 Å². The Morgan fingerprint density at radius 3 is 2.48 bits per heavy atom. The Labute approximate surface area is 239 Å². The molecule has 2 aromatic heterocycles. The summed E-state index contributed by atoms with van der Waals surface area (Å²) in [6.07, 6.45) is 2.52. The lowest BCUT2D eigenvalue weighted by molar-refractivity contribution is 0.103. The van der Waals surface area contributed by atoms with Crippen LogP contribution in [0.3, 0.4) is 0 Å². The Bertz CT molecular complexity index is 1480. The maximum Gasteiger partial charge on any atom is 0.265 e. The van der Waals surface area contributed by atoms with Gasteiger partial charge in [0, 0.05) is 54.2 Å². The number of likely N-dealkylation sites (N-methyl/N-ethyl adjacent to an activating group) is 1. The van der Waals surface area contributed by atoms with Gasteiger partial charge >= 0.3 is 0 Å². The van der Waals surface area contributed by atoms with Crippen LogP contribution in [0.4, 0.5) is 27.4 Å². The van der Waals surface area contributed by atoms with Gasteiger partial charge < -0.3 is 20.4 Å². The minimum atomic E-state index is -0.499. The molecular weight excluding hydrogens is 523 g/mol. The highest BCUT2D eigenvalue weighted by atomic mass is 32.1. The molecule has 0 spiro atoms. The van der Waals surface area contributed by atoms with Gasteiger partial charge in [-0.25, -0.2) is 14.4 Å². The molecule has 1 amide bonds. The first-order chi connectivity index (χ1) is 19.3. The van der Waals surface area contributed by atoms with E-state index in [0.717, 1.165) is 38.3 Å². The van der Waals surface area contributed by atoms with Crippen molar-refractivity contribution in [1.82, 2.24) is 14.9 Å². The summed E-state index contributed by atoms with van der Waals surface area (Å²) in [5.74, 6) is -0.0519. The Morgan fingerprint density at radius 2 is 1.80 bits per heavy atom. The van der Waals surface area contributed by atoms with E-state index >= 15 is 0 Å². The molecule has 0 radical (unpaired) electrons. The van der Waals surface area contributed by atoms with Gasteiger partial charge in [0.15, 0.2) is 0 Å². The third-order valence-corrected chi connectivity index (χ3v) is 8.46. The van der Waals surface area contributed by atoms with Crippen molar-refractivity contribution in [1.29, 1.82) is 0 Å². The molecule has 4 aromatic rings. The van der Waals surface area contributed by atoms with E-state index in [9.17, 15) is 9.18 Å². The largest absolute Gasteiger partial charge is 0.369 e. The molecule has 0 aliphatic carbocycles. The Balaban J connectivity index is 1.30. The SMILES string of the molecule is CCc1sc(C(=O)Nc2cc(-c3ccnc(Nc4ccc(N5CCN(C)CC5)cc4)n3)ccc2F)cc1C(C)C. The second-order valence-electron chi connectivity index (χ2n) is 10.4. The number of halogens is 1. The van der Waals surface area contributed by atoms with Crippen molar-refractivity contribution >= 4 is 40.3 Å². The Kier molecular flexibility index (Phi) is 8.42. The van der Waals surface area contributed by atoms with Gasteiger partial charge in [-0.2, -0.15) is 0 Å². The van der Waals surface area contributed by atoms with Gasteiger partial charge in [0.25, 0.3) is 5.91 Å². The van der Waals surface area contributed by atoms with Crippen molar-refractivity contribution < 1.29 is 9.18 Å². The summed E-state index contributed by atoms with van der Waals surface area (Å²) < 4.78 is 14.7. The number of hydrogen-bond acceptors (Lipinski definition) is 7. The zero-order valence-corrected chi connectivity index (χ0v) is 24.2. The van der Waals surface area contributed by atoms with E-state index in [4.69, 9.17) is 0 Å². The molecule has 9 heteroatoms. The zero-order valence-electron chi connectivity index (χ0n) is 23.4. The van der Waals surface area contributed by atoms with Crippen LogP contribution >= 0.6 is 11.3 Å². The lowest BCUT2D eigenvalue weighted by Gasteiger charge is -2.34. The predicted octanol–water partition coefficient (Wildman–Crippen LogP) is 6.78. The minimum absolute atomic E-state index is 0.118. The maximum absolute atomic E-state index is 14.7. The molecule has 0 saturated carbocycles. The van der Waals surface area contributed by atoms with Crippen LogP contribution in [0.15, 0.2) is 60.8 Å². The second kappa shape index (κ2) is 12.1. The van der Waals surface area contributed by atoms with Crippen LogP contribution < -0.4 is 15.5 Å². The van der Waals surface area contributed by atoms with Crippen molar-refractivity contribution in [2.24, 2.45) is 0 Å². The van der Waals surface area contributed by atoms with E-state index < -0.39 is 5.82 Å². The summed E-state index contributed by atoms with van der Waals surface area (Å²) in [6.45, 7) is 10.4. The van der Waals surface area contributed by atoms with Crippen molar-refractivity contribution in [2.75, 3.05) is 48.8 Å². The van der Waals surface area contributed by atoms with Crippen molar-refractivity contribution in [3.63, 3.8) is 0 Å². The zero-order chi connectivity index (χ0) is 28.2. The average Bonchev–Trinajstić information content (AvgIpc) is 3.41. The molecule has 0 atom stereocenters. The van der Waals surface area contributed by atoms with Gasteiger partial charge in [-0.05, 0) is 79.5 Å². The predicted molar refractivity (Wildman–Crippen MR) is 163 cm³/mol. The lowest BCUT2D eigenvalue weighted by Crippen LogP contribution is -2.44. The van der Waals surface area contributed by atoms with E-state index in [2.05, 4.69) is 70.4 Å². The Morgan fingerprint density at radius 1 is 1.05 bits per heavy atom. The highest BCUT2D eigenvalue weighted by Gasteiger charge is 2.18. The van der Waals surface area contributed by atoms with E-state index in [1.807, 2.05) is 18.2 Å². The first kappa shape index (κ1) is 27.7. The molecule has 0 unspecified atom stereocenters. The summed E-state index contributed by atoms with van der Waals surface area (Å²) >= 11 is 1.47. The number of carbonyl (C=O) groups excluding carboxylic acids is 1. The van der Waals surface area contributed by atoms with Gasteiger partial charge in [-0.3, -0.25) is 4.79 Å². The highest BCUT2D eigenvalue weighted by Crippen LogP contribution is 2.31. The molecule has 5 rings (SSSR count). The third kappa shape index (κ3) is 6.32. The van der Waals surface area contributed by atoms with Crippen LogP contribution in [0, 0.1) is 5.82 Å². The molecular formula is C31H35FN6OS. The molecule has 0 bridgehead atoms. The minimum Gasteiger partial charge on any atom is -0.369 e. The van der Waals surface area contributed by atoms with Crippen LogP contribution in [0.1, 0.15) is 46.8 Å². The lowest BCUT2D eigenvalue weighted by atomic mass is 10.0. The summed E-state index contributed by atoms with van der Waals surface area (Å²) in [7, 11) is 2.15. The van der Waals surface area contributed by atoms with Gasteiger partial charge in [-0.1, -0.05) is 20.8 Å². The standard InChI is InChI=1S/C31H35FN6OS/c1-5-28-24(20(2)3)19-29(40-28)30(39)35-27-18-21(6-11-25(27)32)26-12-13-33-31(36-26)34-22-7-9-23(10-8-22)38-16-14-37(4)15-17-38/h6-13,18-20H,5,14-17H2,1-4H3,(H,35,39)(H,33,34,36). The summed E-state index contributed by atoms with van der Waals surface area (Å²) in [4.78, 5) is 28.5. The van der Waals surface area contributed by atoms with Gasteiger partial charge in [-0.15, -0.1) is 11.3 Å². The molecule has 1 saturated heterocycles. The van der Waals surface area contributed by atoms with E-state index in [-0.39, 0.29) is 11.6 Å². The van der Waals surface area contributed by atoms with Gasteiger partial charge in [0.2, 0.25) is 5.95 Å². The quantitative estimate of drug-likeness (QED) is 0.248. The number of aromatic nitrogens is 2. The number of carbonyl (C=O) groups is 1. The molecule has 2 aromatic carbocycles. The van der Waals surface area contributed by atoms with E-state index in [0.29, 0.717) is 28.0 Å². The van der Waals surface area contributed by atoms with Crippen molar-refractivity contribution in [2.45, 2.75) is 33.1 Å². The number of nitrogens with zero attached hydrogens (tertiary/aromatic N) is 4. The second-order valence-corrected chi connectivity index (χ2v) is 11.5. The average molecular weight is 559 g/mol. The fraction of sp³-hybridized carbons (Fsp3) is 0.323. The molecule has 7 nitrogen and oxygen atoms in total. The number of benzene rings is 2. The van der Waals surface area contributed by atoms with Crippen molar-refractivity contribution in [3.8, 4) is 11.3 Å². The van der Waals surface area contributed by atoms with E-state index in [1.54, 1.807) is 24.4 Å². The molecule has 3 heterocycles. The molecule has 1 aliphatic heterocycles. The number of amides is 1. The number of thiophene rings is 1. The number of nitrogens with one attached hydrogen (secondary N) is 2. The van der Waals surface area contributed by atoms with Crippen LogP contribution in [0.5, 0.6) is 0 Å². The summed E-state index contributed by atoms with van der Waals surface area (Å²) in [5.41, 5.74) is 4.66. The Hall–Kier alpha value is -3.82. The number of anilines is 4. The molecule has 1 fully saturated rings. The smallest absolute Gasteiger partial charge is 0.265 e. The van der Waals surface area contributed by atoms with Crippen LogP contribution in [-0.2, 0) is 6.42 Å². The number of rotatable bonds is 8. The third-order valence-electron chi connectivity index (χ3n) is 7.17. The monoisotopic (exact) mass is 558 g/mol. The fourth-order valence-corrected chi connectivity index (χ4v) is 5.96. The first-order valence-corrected chi connectivity index (χ1v) is 14.5. The number of hydrogen-bond donors (Lipinski definition) is 2. The normalized spacial score (nSPS) is 14.0. The van der Waals surface area contributed by atoms with E-state index in [1.165, 1.54) is 33.5 Å². The summed E-state index contributed by atoms with van der Waals surface area (Å²) in [5, 5.41) is 6.02. The number of piperazine rings is 1. The summed E-state index contributed by atoms with van der Waals surface area (Å²) in [6, 6.07) is 16.6. The molecule has 2 N–H and O–H groups in total.